The van der Waals surface area contributed by atoms with E-state index in [1.165, 1.54) is 24.0 Å². The second kappa shape index (κ2) is 12.0. The lowest BCUT2D eigenvalue weighted by molar-refractivity contribution is 0.0951. The van der Waals surface area contributed by atoms with Crippen molar-refractivity contribution in [3.63, 3.8) is 0 Å². The number of hydrogen-bond donors (Lipinski definition) is 2. The number of allylic oxidation sites excluding steroid dienone is 2. The zero-order valence-electron chi connectivity index (χ0n) is 18.5. The van der Waals surface area contributed by atoms with Crippen molar-refractivity contribution in [1.29, 1.82) is 0 Å². The number of rotatable bonds is 10. The zero-order valence-corrected chi connectivity index (χ0v) is 18.5. The number of hydrogen-bond acceptors (Lipinski definition) is 5. The summed E-state index contributed by atoms with van der Waals surface area (Å²) in [6.45, 7) is 6.21. The van der Waals surface area contributed by atoms with Crippen molar-refractivity contribution >= 4 is 17.4 Å². The quantitative estimate of drug-likeness (QED) is 0.439. The van der Waals surface area contributed by atoms with Gasteiger partial charge >= 0.3 is 0 Å². The van der Waals surface area contributed by atoms with Crippen molar-refractivity contribution < 1.29 is 9.18 Å². The van der Waals surface area contributed by atoms with Gasteiger partial charge in [-0.15, -0.1) is 0 Å². The number of anilines is 1. The number of carbonyl (C=O) groups is 1. The van der Waals surface area contributed by atoms with E-state index in [0.29, 0.717) is 23.5 Å². The van der Waals surface area contributed by atoms with Gasteiger partial charge in [-0.2, -0.15) is 0 Å². The lowest BCUT2D eigenvalue weighted by atomic mass is 10.1. The Hall–Kier alpha value is -4.13. The molecule has 2 N–H and O–H groups in total. The summed E-state index contributed by atoms with van der Waals surface area (Å²) in [7, 11) is 0. The molecule has 0 aliphatic carbocycles. The SMILES string of the molecule is C=CN=C(C)/C=C\Cc1ccc(CNc2ncccc2C(=O)NCc2cncc(F)c2)cc1. The number of nitrogens with zero attached hydrogens (tertiary/aromatic N) is 3. The summed E-state index contributed by atoms with van der Waals surface area (Å²) in [4.78, 5) is 24.8. The molecular weight excluding hydrogens is 417 g/mol. The van der Waals surface area contributed by atoms with Crippen LogP contribution >= 0.6 is 0 Å². The lowest BCUT2D eigenvalue weighted by Gasteiger charge is -2.11. The Labute approximate surface area is 193 Å². The fourth-order valence-electron chi connectivity index (χ4n) is 3.09. The number of benzene rings is 1. The largest absolute Gasteiger partial charge is 0.365 e. The minimum atomic E-state index is -0.441. The van der Waals surface area contributed by atoms with Gasteiger partial charge in [0.05, 0.1) is 11.8 Å². The number of aromatic nitrogens is 2. The van der Waals surface area contributed by atoms with E-state index in [9.17, 15) is 9.18 Å². The van der Waals surface area contributed by atoms with Crippen LogP contribution in [-0.2, 0) is 19.5 Å². The highest BCUT2D eigenvalue weighted by Gasteiger charge is 2.12. The summed E-state index contributed by atoms with van der Waals surface area (Å²) in [5.41, 5.74) is 4.16. The van der Waals surface area contributed by atoms with Gasteiger partial charge in [0.1, 0.15) is 11.6 Å². The third-order valence-corrected chi connectivity index (χ3v) is 4.76. The summed E-state index contributed by atoms with van der Waals surface area (Å²) in [6.07, 6.45) is 10.6. The van der Waals surface area contributed by atoms with Gasteiger partial charge in [0.25, 0.3) is 5.91 Å². The molecule has 3 rings (SSSR count). The number of aliphatic imine (C=N–C) groups is 1. The van der Waals surface area contributed by atoms with Crippen molar-refractivity contribution in [1.82, 2.24) is 15.3 Å². The molecule has 168 valence electrons. The van der Waals surface area contributed by atoms with Crippen LogP contribution in [0.2, 0.25) is 0 Å². The Morgan fingerprint density at radius 2 is 1.91 bits per heavy atom. The molecular formula is C26H26FN5O. The van der Waals surface area contributed by atoms with Crippen molar-refractivity contribution in [3.8, 4) is 0 Å². The van der Waals surface area contributed by atoms with Crippen LogP contribution in [0.3, 0.4) is 0 Å². The van der Waals surface area contributed by atoms with Gasteiger partial charge in [-0.25, -0.2) is 9.37 Å². The average Bonchev–Trinajstić information content (AvgIpc) is 2.82. The molecule has 0 saturated heterocycles. The maximum Gasteiger partial charge on any atom is 0.255 e. The van der Waals surface area contributed by atoms with E-state index in [-0.39, 0.29) is 12.5 Å². The molecule has 1 amide bonds. The van der Waals surface area contributed by atoms with Gasteiger partial charge in [-0.1, -0.05) is 36.9 Å². The molecule has 0 aliphatic heterocycles. The van der Waals surface area contributed by atoms with Crippen molar-refractivity contribution in [2.24, 2.45) is 4.99 Å². The standard InChI is InChI=1S/C26H26FN5O/c1-3-29-19(2)6-4-7-20-9-11-21(12-10-20)16-31-25-24(8-5-13-30-25)26(33)32-17-22-14-23(27)18-28-15-22/h3-6,8-15,18H,1,7,16-17H2,2H3,(H,30,31)(H,32,33)/b6-4-,29-19?. The van der Waals surface area contributed by atoms with E-state index in [2.05, 4.69) is 50.4 Å². The highest BCUT2D eigenvalue weighted by molar-refractivity contribution is 5.98. The summed E-state index contributed by atoms with van der Waals surface area (Å²) >= 11 is 0. The average molecular weight is 444 g/mol. The molecule has 0 spiro atoms. The topological polar surface area (TPSA) is 79.3 Å². The molecule has 33 heavy (non-hydrogen) atoms. The molecule has 0 atom stereocenters. The van der Waals surface area contributed by atoms with Crippen LogP contribution in [0.5, 0.6) is 0 Å². The van der Waals surface area contributed by atoms with Crippen LogP contribution < -0.4 is 10.6 Å². The number of nitrogens with one attached hydrogen (secondary N) is 2. The Balaban J connectivity index is 1.56. The number of halogens is 1. The first-order chi connectivity index (χ1) is 16.0. The van der Waals surface area contributed by atoms with Gasteiger partial charge in [0, 0.05) is 37.4 Å². The number of amides is 1. The first kappa shape index (κ1) is 23.5. The smallest absolute Gasteiger partial charge is 0.255 e. The maximum atomic E-state index is 13.3. The first-order valence-electron chi connectivity index (χ1n) is 10.5. The van der Waals surface area contributed by atoms with E-state index in [1.807, 2.05) is 25.1 Å². The van der Waals surface area contributed by atoms with Crippen LogP contribution in [0, 0.1) is 5.82 Å². The molecule has 0 aliphatic rings. The van der Waals surface area contributed by atoms with Gasteiger partial charge in [0.2, 0.25) is 0 Å². The molecule has 2 aromatic heterocycles. The zero-order chi connectivity index (χ0) is 23.5. The van der Waals surface area contributed by atoms with Crippen LogP contribution in [0.25, 0.3) is 0 Å². The molecule has 3 aromatic rings. The molecule has 6 nitrogen and oxygen atoms in total. The Bertz CT molecular complexity index is 1160. The molecule has 0 bridgehead atoms. The minimum absolute atomic E-state index is 0.173. The summed E-state index contributed by atoms with van der Waals surface area (Å²) in [5, 5.41) is 6.00. The lowest BCUT2D eigenvalue weighted by Crippen LogP contribution is -2.24. The van der Waals surface area contributed by atoms with Crippen LogP contribution in [0.4, 0.5) is 10.2 Å². The number of carbonyl (C=O) groups excluding carboxylic acids is 1. The van der Waals surface area contributed by atoms with E-state index < -0.39 is 5.82 Å². The molecule has 0 unspecified atom stereocenters. The van der Waals surface area contributed by atoms with Gasteiger partial charge in [0.15, 0.2) is 0 Å². The minimum Gasteiger partial charge on any atom is -0.365 e. The van der Waals surface area contributed by atoms with E-state index in [4.69, 9.17) is 0 Å². The monoisotopic (exact) mass is 443 g/mol. The Morgan fingerprint density at radius 1 is 1.12 bits per heavy atom. The molecule has 7 heteroatoms. The second-order valence-corrected chi connectivity index (χ2v) is 7.32. The van der Waals surface area contributed by atoms with Gasteiger partial charge in [-0.3, -0.25) is 14.8 Å². The fourth-order valence-corrected chi connectivity index (χ4v) is 3.09. The summed E-state index contributed by atoms with van der Waals surface area (Å²) < 4.78 is 13.3. The molecule has 0 radical (unpaired) electrons. The van der Waals surface area contributed by atoms with Crippen LogP contribution in [0.1, 0.15) is 34.0 Å². The highest BCUT2D eigenvalue weighted by atomic mass is 19.1. The van der Waals surface area contributed by atoms with Crippen molar-refractivity contribution in [3.05, 3.63) is 114 Å². The Morgan fingerprint density at radius 3 is 2.67 bits per heavy atom. The fraction of sp³-hybridized carbons (Fsp3) is 0.154. The third kappa shape index (κ3) is 7.50. The highest BCUT2D eigenvalue weighted by Crippen LogP contribution is 2.14. The summed E-state index contributed by atoms with van der Waals surface area (Å²) in [5.74, 6) is -0.257. The van der Waals surface area contributed by atoms with E-state index in [0.717, 1.165) is 23.9 Å². The summed E-state index contributed by atoms with van der Waals surface area (Å²) in [6, 6.07) is 13.0. The molecule has 2 heterocycles. The van der Waals surface area contributed by atoms with Crippen molar-refractivity contribution in [2.75, 3.05) is 5.32 Å². The van der Waals surface area contributed by atoms with E-state index >= 15 is 0 Å². The normalized spacial score (nSPS) is 11.4. The van der Waals surface area contributed by atoms with Gasteiger partial charge < -0.3 is 10.6 Å². The first-order valence-corrected chi connectivity index (χ1v) is 10.5. The second-order valence-electron chi connectivity index (χ2n) is 7.32. The predicted molar refractivity (Wildman–Crippen MR) is 130 cm³/mol. The van der Waals surface area contributed by atoms with Crippen LogP contribution in [0.15, 0.2) is 91.0 Å². The third-order valence-electron chi connectivity index (χ3n) is 4.76. The van der Waals surface area contributed by atoms with Gasteiger partial charge in [-0.05, 0) is 54.3 Å². The maximum absolute atomic E-state index is 13.3. The Kier molecular flexibility index (Phi) is 8.59. The molecule has 0 fully saturated rings. The van der Waals surface area contributed by atoms with Crippen LogP contribution in [-0.4, -0.2) is 21.6 Å². The predicted octanol–water partition coefficient (Wildman–Crippen LogP) is 4.86. The molecule has 0 saturated carbocycles. The molecule has 1 aromatic carbocycles. The number of pyridine rings is 2. The van der Waals surface area contributed by atoms with E-state index in [1.54, 1.807) is 18.3 Å². The van der Waals surface area contributed by atoms with Crippen molar-refractivity contribution in [2.45, 2.75) is 26.4 Å².